The van der Waals surface area contributed by atoms with Gasteiger partial charge in [0, 0.05) is 0 Å². The Morgan fingerprint density at radius 3 is 1.38 bits per heavy atom. The fourth-order valence-electron chi connectivity index (χ4n) is 3.29. The van der Waals surface area contributed by atoms with E-state index in [0.717, 1.165) is 0 Å². The Morgan fingerprint density at radius 1 is 0.458 bits per heavy atom. The minimum absolute atomic E-state index is 0.556. The molecule has 0 bridgehead atoms. The first kappa shape index (κ1) is 18.8. The Labute approximate surface area is 149 Å². The number of benzene rings is 2. The molecule has 0 saturated carbocycles. The van der Waals surface area contributed by atoms with Crippen LogP contribution in [-0.2, 0) is 0 Å². The molecule has 0 nitrogen and oxygen atoms in total. The van der Waals surface area contributed by atoms with Crippen LogP contribution < -0.4 is 0 Å². The van der Waals surface area contributed by atoms with Gasteiger partial charge in [0.1, 0.15) is 0 Å². The third-order valence-electron chi connectivity index (χ3n) is 4.98. The minimum atomic E-state index is 0.556. The van der Waals surface area contributed by atoms with Crippen LogP contribution in [0.25, 0.3) is 11.1 Å². The van der Waals surface area contributed by atoms with E-state index in [9.17, 15) is 0 Å². The summed E-state index contributed by atoms with van der Waals surface area (Å²) in [5, 5.41) is 0. The molecule has 2 rings (SSSR count). The second kappa shape index (κ2) is 7.55. The zero-order chi connectivity index (χ0) is 18.0. The first-order valence-electron chi connectivity index (χ1n) is 9.49. The minimum Gasteiger partial charge on any atom is -0.0587 e. The van der Waals surface area contributed by atoms with Crippen molar-refractivity contribution in [1.82, 2.24) is 0 Å². The largest absolute Gasteiger partial charge is 0.0587 e. The van der Waals surface area contributed by atoms with Crippen molar-refractivity contribution in [3.05, 3.63) is 58.7 Å². The molecule has 0 spiro atoms. The molecule has 0 N–H and O–H groups in total. The van der Waals surface area contributed by atoms with Gasteiger partial charge in [0.2, 0.25) is 0 Å². The molecule has 0 aliphatic heterocycles. The van der Waals surface area contributed by atoms with E-state index in [1.165, 1.54) is 33.4 Å². The van der Waals surface area contributed by atoms with Gasteiger partial charge in [0.25, 0.3) is 0 Å². The highest BCUT2D eigenvalue weighted by atomic mass is 14.2. The van der Waals surface area contributed by atoms with Crippen LogP contribution in [0.1, 0.15) is 101 Å². The van der Waals surface area contributed by atoms with Crippen LogP contribution in [0.4, 0.5) is 0 Å². The summed E-state index contributed by atoms with van der Waals surface area (Å²) >= 11 is 0. The van der Waals surface area contributed by atoms with Gasteiger partial charge in [-0.15, -0.1) is 0 Å². The number of hydrogen-bond acceptors (Lipinski definition) is 0. The van der Waals surface area contributed by atoms with Crippen molar-refractivity contribution in [2.24, 2.45) is 0 Å². The number of rotatable bonds is 5. The molecule has 24 heavy (non-hydrogen) atoms. The molecule has 0 heteroatoms. The van der Waals surface area contributed by atoms with Crippen LogP contribution in [0.2, 0.25) is 0 Å². The second-order valence-corrected chi connectivity index (χ2v) is 8.35. The van der Waals surface area contributed by atoms with E-state index >= 15 is 0 Å². The van der Waals surface area contributed by atoms with Crippen LogP contribution in [0.5, 0.6) is 0 Å². The predicted molar refractivity (Wildman–Crippen MR) is 108 cm³/mol. The first-order chi connectivity index (χ1) is 11.2. The van der Waals surface area contributed by atoms with Gasteiger partial charge in [-0.3, -0.25) is 0 Å². The third-order valence-corrected chi connectivity index (χ3v) is 4.98. The zero-order valence-electron chi connectivity index (χ0n) is 16.8. The van der Waals surface area contributed by atoms with Crippen molar-refractivity contribution in [2.75, 3.05) is 0 Å². The average molecular weight is 323 g/mol. The Hall–Kier alpha value is -1.56. The molecular weight excluding hydrogens is 288 g/mol. The van der Waals surface area contributed by atoms with Crippen molar-refractivity contribution in [3.63, 3.8) is 0 Å². The summed E-state index contributed by atoms with van der Waals surface area (Å²) in [4.78, 5) is 0. The Bertz CT molecular complexity index is 661. The quantitative estimate of drug-likeness (QED) is 0.525. The lowest BCUT2D eigenvalue weighted by atomic mass is 9.86. The molecule has 0 aliphatic rings. The van der Waals surface area contributed by atoms with E-state index in [1.54, 1.807) is 0 Å². The van der Waals surface area contributed by atoms with E-state index in [1.807, 2.05) is 0 Å². The summed E-state index contributed by atoms with van der Waals surface area (Å²) < 4.78 is 0. The van der Waals surface area contributed by atoms with E-state index < -0.39 is 0 Å². The fraction of sp³-hybridized carbons (Fsp3) is 0.500. The summed E-state index contributed by atoms with van der Waals surface area (Å²) in [6.07, 6.45) is 0. The highest BCUT2D eigenvalue weighted by Gasteiger charge is 2.13. The molecule has 0 amide bonds. The molecule has 0 atom stereocenters. The van der Waals surface area contributed by atoms with Crippen molar-refractivity contribution < 1.29 is 0 Å². The van der Waals surface area contributed by atoms with Gasteiger partial charge in [0.05, 0.1) is 0 Å². The summed E-state index contributed by atoms with van der Waals surface area (Å²) in [6, 6.07) is 14.2. The average Bonchev–Trinajstić information content (AvgIpc) is 2.53. The predicted octanol–water partition coefficient (Wildman–Crippen LogP) is 7.85. The van der Waals surface area contributed by atoms with Gasteiger partial charge in [-0.2, -0.15) is 0 Å². The lowest BCUT2D eigenvalue weighted by Crippen LogP contribution is -2.00. The third kappa shape index (κ3) is 4.09. The number of hydrogen-bond donors (Lipinski definition) is 0. The smallest absolute Gasteiger partial charge is 0.0178 e. The van der Waals surface area contributed by atoms with Crippen molar-refractivity contribution >= 4 is 0 Å². The van der Waals surface area contributed by atoms with Gasteiger partial charge >= 0.3 is 0 Å². The normalized spacial score (nSPS) is 12.0. The Balaban J connectivity index is 2.61. The van der Waals surface area contributed by atoms with Crippen molar-refractivity contribution in [1.29, 1.82) is 0 Å². The van der Waals surface area contributed by atoms with Crippen molar-refractivity contribution in [3.8, 4) is 11.1 Å². The fourth-order valence-corrected chi connectivity index (χ4v) is 3.29. The molecular formula is C24H34. The molecule has 0 aromatic heterocycles. The molecule has 130 valence electrons. The van der Waals surface area contributed by atoms with Gasteiger partial charge in [-0.05, 0) is 57.1 Å². The van der Waals surface area contributed by atoms with Crippen LogP contribution in [0.3, 0.4) is 0 Å². The molecule has 0 heterocycles. The molecule has 0 aliphatic carbocycles. The molecule has 2 aromatic rings. The summed E-state index contributed by atoms with van der Waals surface area (Å²) in [5.74, 6) is 2.24. The SMILES string of the molecule is CC(C)c1cc(-c2ccc(C(C)C)c(C(C)C)c2)cc(C(C)C)c1. The molecule has 0 saturated heterocycles. The Kier molecular flexibility index (Phi) is 5.91. The van der Waals surface area contributed by atoms with Crippen LogP contribution in [0.15, 0.2) is 36.4 Å². The molecule has 0 fully saturated rings. The van der Waals surface area contributed by atoms with E-state index in [2.05, 4.69) is 91.8 Å². The molecule has 0 unspecified atom stereocenters. The first-order valence-corrected chi connectivity index (χ1v) is 9.49. The summed E-state index contributed by atoms with van der Waals surface area (Å²) in [5.41, 5.74) is 8.57. The van der Waals surface area contributed by atoms with Crippen LogP contribution in [-0.4, -0.2) is 0 Å². The maximum Gasteiger partial charge on any atom is -0.0178 e. The van der Waals surface area contributed by atoms with E-state index in [-0.39, 0.29) is 0 Å². The lowest BCUT2D eigenvalue weighted by Gasteiger charge is -2.19. The van der Waals surface area contributed by atoms with E-state index in [0.29, 0.717) is 23.7 Å². The van der Waals surface area contributed by atoms with Gasteiger partial charge in [0.15, 0.2) is 0 Å². The van der Waals surface area contributed by atoms with Gasteiger partial charge in [-0.25, -0.2) is 0 Å². The van der Waals surface area contributed by atoms with Crippen LogP contribution in [0, 0.1) is 0 Å². The topological polar surface area (TPSA) is 0 Å². The van der Waals surface area contributed by atoms with Gasteiger partial charge < -0.3 is 0 Å². The lowest BCUT2D eigenvalue weighted by molar-refractivity contribution is 0.790. The zero-order valence-corrected chi connectivity index (χ0v) is 16.8. The molecule has 2 aromatic carbocycles. The van der Waals surface area contributed by atoms with E-state index in [4.69, 9.17) is 0 Å². The Morgan fingerprint density at radius 2 is 0.958 bits per heavy atom. The maximum absolute atomic E-state index is 2.42. The van der Waals surface area contributed by atoms with Crippen LogP contribution >= 0.6 is 0 Å². The van der Waals surface area contributed by atoms with Gasteiger partial charge in [-0.1, -0.05) is 91.8 Å². The standard InChI is InChI=1S/C24H34/c1-15(2)20-11-21(16(3)4)13-22(12-20)19-9-10-23(17(5)6)24(14-19)18(7)8/h9-18H,1-8H3. The maximum atomic E-state index is 2.42. The summed E-state index contributed by atoms with van der Waals surface area (Å²) in [7, 11) is 0. The second-order valence-electron chi connectivity index (χ2n) is 8.35. The highest BCUT2D eigenvalue weighted by Crippen LogP contribution is 2.33. The van der Waals surface area contributed by atoms with Crippen molar-refractivity contribution in [2.45, 2.75) is 79.1 Å². The highest BCUT2D eigenvalue weighted by molar-refractivity contribution is 5.67. The monoisotopic (exact) mass is 322 g/mol. The summed E-state index contributed by atoms with van der Waals surface area (Å²) in [6.45, 7) is 18.3. The molecule has 0 radical (unpaired) electrons.